The molecule has 0 bridgehead atoms. The van der Waals surface area contributed by atoms with Gasteiger partial charge in [0.1, 0.15) is 18.9 Å². The van der Waals surface area contributed by atoms with Gasteiger partial charge in [0.15, 0.2) is 5.78 Å². The first-order chi connectivity index (χ1) is 5.66. The lowest BCUT2D eigenvalue weighted by atomic mass is 10.2. The van der Waals surface area contributed by atoms with Crippen LogP contribution in [0.4, 0.5) is 4.39 Å². The lowest BCUT2D eigenvalue weighted by Gasteiger charge is -2.12. The van der Waals surface area contributed by atoms with Gasteiger partial charge in [0.05, 0.1) is 12.7 Å². The molecule has 0 spiro atoms. The number of aliphatic hydroxyl groups excluding tert-OH is 2. The normalized spacial score (nSPS) is 35.9. The summed E-state index contributed by atoms with van der Waals surface area (Å²) in [5.41, 5.74) is 0. The topological polar surface area (TPSA) is 66.8 Å². The largest absolute Gasteiger partial charge is 0.385 e. The van der Waals surface area contributed by atoms with Crippen molar-refractivity contribution in [2.75, 3.05) is 13.3 Å². The Morgan fingerprint density at radius 3 is 2.67 bits per heavy atom. The number of ketones is 1. The molecule has 0 saturated heterocycles. The standard InChI is InChI=1S/C7H11FO4/c8-1-2-12-5-3-4(9)6(10)7(5)11/h4-5,7,9,11H,1-3H2. The van der Waals surface area contributed by atoms with E-state index in [-0.39, 0.29) is 13.0 Å². The van der Waals surface area contributed by atoms with Gasteiger partial charge in [-0.15, -0.1) is 0 Å². The molecule has 12 heavy (non-hydrogen) atoms. The first kappa shape index (κ1) is 9.57. The number of rotatable bonds is 3. The fourth-order valence-electron chi connectivity index (χ4n) is 1.20. The first-order valence-electron chi connectivity index (χ1n) is 3.74. The zero-order chi connectivity index (χ0) is 9.14. The number of ether oxygens (including phenoxy) is 1. The molecule has 4 nitrogen and oxygen atoms in total. The van der Waals surface area contributed by atoms with Crippen LogP contribution in [0.5, 0.6) is 0 Å². The van der Waals surface area contributed by atoms with Gasteiger partial charge in [-0.2, -0.15) is 0 Å². The number of aliphatic hydroxyl groups is 2. The second kappa shape index (κ2) is 3.93. The van der Waals surface area contributed by atoms with E-state index in [9.17, 15) is 9.18 Å². The molecule has 0 radical (unpaired) electrons. The summed E-state index contributed by atoms with van der Waals surface area (Å²) < 4.78 is 16.4. The highest BCUT2D eigenvalue weighted by Crippen LogP contribution is 2.19. The van der Waals surface area contributed by atoms with E-state index in [1.54, 1.807) is 0 Å². The Morgan fingerprint density at radius 1 is 1.58 bits per heavy atom. The molecule has 3 atom stereocenters. The first-order valence-corrected chi connectivity index (χ1v) is 3.74. The number of hydrogen-bond acceptors (Lipinski definition) is 4. The molecule has 0 amide bonds. The monoisotopic (exact) mass is 178 g/mol. The molecule has 1 aliphatic carbocycles. The Balaban J connectivity index is 2.42. The van der Waals surface area contributed by atoms with Crippen molar-refractivity contribution < 1.29 is 24.1 Å². The SMILES string of the molecule is O=C1C(O)CC(OCCF)C1O. The Morgan fingerprint density at radius 2 is 2.25 bits per heavy atom. The smallest absolute Gasteiger partial charge is 0.192 e. The van der Waals surface area contributed by atoms with E-state index >= 15 is 0 Å². The Labute approximate surface area is 69.0 Å². The van der Waals surface area contributed by atoms with E-state index in [4.69, 9.17) is 14.9 Å². The molecule has 0 aromatic heterocycles. The molecule has 3 unspecified atom stereocenters. The van der Waals surface area contributed by atoms with Crippen LogP contribution in [-0.4, -0.2) is 47.6 Å². The van der Waals surface area contributed by atoms with Gasteiger partial charge in [-0.25, -0.2) is 4.39 Å². The molecule has 1 fully saturated rings. The minimum Gasteiger partial charge on any atom is -0.385 e. The third kappa shape index (κ3) is 1.80. The van der Waals surface area contributed by atoms with Gasteiger partial charge >= 0.3 is 0 Å². The van der Waals surface area contributed by atoms with Crippen molar-refractivity contribution in [3.8, 4) is 0 Å². The van der Waals surface area contributed by atoms with Gasteiger partial charge in [-0.05, 0) is 0 Å². The molecule has 5 heteroatoms. The molecule has 70 valence electrons. The van der Waals surface area contributed by atoms with Crippen molar-refractivity contribution in [2.45, 2.75) is 24.7 Å². The summed E-state index contributed by atoms with van der Waals surface area (Å²) in [6.07, 6.45) is -3.15. The van der Waals surface area contributed by atoms with E-state index < -0.39 is 30.8 Å². The zero-order valence-electron chi connectivity index (χ0n) is 6.44. The Hall–Kier alpha value is -0.520. The minimum atomic E-state index is -1.30. The summed E-state index contributed by atoms with van der Waals surface area (Å²) >= 11 is 0. The van der Waals surface area contributed by atoms with Crippen molar-refractivity contribution >= 4 is 5.78 Å². The average molecular weight is 178 g/mol. The predicted octanol–water partition coefficient (Wildman–Crippen LogP) is -0.964. The van der Waals surface area contributed by atoms with Crippen LogP contribution in [-0.2, 0) is 9.53 Å². The van der Waals surface area contributed by atoms with Crippen LogP contribution < -0.4 is 0 Å². The van der Waals surface area contributed by atoms with Gasteiger partial charge < -0.3 is 14.9 Å². The molecule has 1 saturated carbocycles. The molecule has 0 aromatic carbocycles. The predicted molar refractivity (Wildman–Crippen MR) is 37.4 cm³/mol. The van der Waals surface area contributed by atoms with Crippen LogP contribution in [0.3, 0.4) is 0 Å². The van der Waals surface area contributed by atoms with Crippen LogP contribution in [0.2, 0.25) is 0 Å². The number of halogens is 1. The highest BCUT2D eigenvalue weighted by molar-refractivity contribution is 5.89. The number of Topliss-reactive ketones (excluding diaryl/α,β-unsaturated/α-hetero) is 1. The van der Waals surface area contributed by atoms with Crippen molar-refractivity contribution in [2.24, 2.45) is 0 Å². The summed E-state index contributed by atoms with van der Waals surface area (Å²) in [6.45, 7) is -0.810. The van der Waals surface area contributed by atoms with Crippen LogP contribution in [0.1, 0.15) is 6.42 Å². The summed E-state index contributed by atoms with van der Waals surface area (Å²) in [6, 6.07) is 0. The average Bonchev–Trinajstić information content (AvgIpc) is 2.30. The van der Waals surface area contributed by atoms with E-state index in [1.807, 2.05) is 0 Å². The zero-order valence-corrected chi connectivity index (χ0v) is 6.44. The molecular formula is C7H11FO4. The van der Waals surface area contributed by atoms with Gasteiger partial charge in [0.25, 0.3) is 0 Å². The summed E-state index contributed by atoms with van der Waals surface area (Å²) in [7, 11) is 0. The maximum absolute atomic E-state index is 11.6. The van der Waals surface area contributed by atoms with Crippen LogP contribution in [0.25, 0.3) is 0 Å². The number of alkyl halides is 1. The van der Waals surface area contributed by atoms with Crippen LogP contribution in [0, 0.1) is 0 Å². The van der Waals surface area contributed by atoms with E-state index in [0.29, 0.717) is 0 Å². The Bertz CT molecular complexity index is 173. The van der Waals surface area contributed by atoms with Gasteiger partial charge in [-0.3, -0.25) is 4.79 Å². The van der Waals surface area contributed by atoms with E-state index in [1.165, 1.54) is 0 Å². The summed E-state index contributed by atoms with van der Waals surface area (Å²) in [4.78, 5) is 10.8. The molecule has 1 aliphatic rings. The highest BCUT2D eigenvalue weighted by atomic mass is 19.1. The lowest BCUT2D eigenvalue weighted by molar-refractivity contribution is -0.133. The fraction of sp³-hybridized carbons (Fsp3) is 0.857. The summed E-state index contributed by atoms with van der Waals surface area (Å²) in [5, 5.41) is 18.1. The van der Waals surface area contributed by atoms with Crippen molar-refractivity contribution in [1.29, 1.82) is 0 Å². The minimum absolute atomic E-state index is 0.0556. The fourth-order valence-corrected chi connectivity index (χ4v) is 1.20. The highest BCUT2D eigenvalue weighted by Gasteiger charge is 2.40. The number of carbonyl (C=O) groups excluding carboxylic acids is 1. The van der Waals surface area contributed by atoms with Crippen LogP contribution >= 0.6 is 0 Å². The van der Waals surface area contributed by atoms with Gasteiger partial charge in [0, 0.05) is 6.42 Å². The molecule has 0 aromatic rings. The van der Waals surface area contributed by atoms with Gasteiger partial charge in [-0.1, -0.05) is 0 Å². The number of carbonyl (C=O) groups is 1. The molecule has 0 heterocycles. The third-order valence-electron chi connectivity index (χ3n) is 1.84. The molecule has 1 rings (SSSR count). The van der Waals surface area contributed by atoms with Crippen molar-refractivity contribution in [3.05, 3.63) is 0 Å². The second-order valence-corrected chi connectivity index (χ2v) is 2.70. The maximum Gasteiger partial charge on any atom is 0.192 e. The molecular weight excluding hydrogens is 167 g/mol. The Kier molecular flexibility index (Phi) is 3.13. The van der Waals surface area contributed by atoms with Crippen molar-refractivity contribution in [3.63, 3.8) is 0 Å². The van der Waals surface area contributed by atoms with E-state index in [2.05, 4.69) is 0 Å². The quantitative estimate of drug-likeness (QED) is 0.584. The summed E-state index contributed by atoms with van der Waals surface area (Å²) in [5.74, 6) is -0.640. The van der Waals surface area contributed by atoms with Crippen LogP contribution in [0.15, 0.2) is 0 Å². The molecule has 2 N–H and O–H groups in total. The van der Waals surface area contributed by atoms with Crippen molar-refractivity contribution in [1.82, 2.24) is 0 Å². The third-order valence-corrected chi connectivity index (χ3v) is 1.84. The molecule has 0 aliphatic heterocycles. The lowest BCUT2D eigenvalue weighted by Crippen LogP contribution is -2.29. The second-order valence-electron chi connectivity index (χ2n) is 2.70. The number of hydrogen-bond donors (Lipinski definition) is 2. The maximum atomic E-state index is 11.6. The van der Waals surface area contributed by atoms with E-state index in [0.717, 1.165) is 0 Å². The van der Waals surface area contributed by atoms with Gasteiger partial charge in [0.2, 0.25) is 0 Å².